The molecule has 0 aliphatic carbocycles. The van der Waals surface area contributed by atoms with Crippen LogP contribution in [-0.4, -0.2) is 34.1 Å². The molecule has 7 nitrogen and oxygen atoms in total. The molecule has 0 unspecified atom stereocenters. The number of carbonyl (C=O) groups excluding carboxylic acids is 1. The summed E-state index contributed by atoms with van der Waals surface area (Å²) in [6.45, 7) is 2.03. The first-order valence-electron chi connectivity index (χ1n) is 8.44. The van der Waals surface area contributed by atoms with Crippen molar-refractivity contribution in [2.24, 2.45) is 0 Å². The quantitative estimate of drug-likeness (QED) is 0.733. The summed E-state index contributed by atoms with van der Waals surface area (Å²) in [4.78, 5) is 27.4. The molecule has 1 fully saturated rings. The van der Waals surface area contributed by atoms with Crippen molar-refractivity contribution in [3.05, 3.63) is 48.1 Å². The fourth-order valence-electron chi connectivity index (χ4n) is 2.84. The number of thiazole rings is 1. The molecule has 3 aromatic heterocycles. The van der Waals surface area contributed by atoms with Gasteiger partial charge in [0.15, 0.2) is 0 Å². The number of carbonyl (C=O) groups is 1. The second kappa shape index (κ2) is 7.49. The number of amides is 2. The van der Waals surface area contributed by atoms with E-state index in [-0.39, 0.29) is 6.03 Å². The Hall–Kier alpha value is -3.00. The number of pyridine rings is 2. The van der Waals surface area contributed by atoms with Crippen LogP contribution in [0.4, 0.5) is 22.2 Å². The van der Waals surface area contributed by atoms with Gasteiger partial charge in [0, 0.05) is 36.4 Å². The summed E-state index contributed by atoms with van der Waals surface area (Å²) in [7, 11) is 0. The SMILES string of the molecule is O=C(Nc1cccc(N2CCCC2)n1)Nc1csc(-c2ccncc2)n1. The minimum atomic E-state index is -0.359. The van der Waals surface area contributed by atoms with Crippen LogP contribution in [0.5, 0.6) is 0 Å². The summed E-state index contributed by atoms with van der Waals surface area (Å²) >= 11 is 1.47. The molecule has 4 rings (SSSR count). The second-order valence-corrected chi connectivity index (χ2v) is 6.79. The molecule has 2 amide bonds. The molecule has 132 valence electrons. The summed E-state index contributed by atoms with van der Waals surface area (Å²) in [5.41, 5.74) is 0.971. The molecule has 1 aliphatic rings. The van der Waals surface area contributed by atoms with Crippen molar-refractivity contribution in [1.29, 1.82) is 0 Å². The highest BCUT2D eigenvalue weighted by molar-refractivity contribution is 7.13. The number of nitrogens with zero attached hydrogens (tertiary/aromatic N) is 4. The Morgan fingerprint density at radius 2 is 1.77 bits per heavy atom. The Morgan fingerprint density at radius 1 is 1.00 bits per heavy atom. The largest absolute Gasteiger partial charge is 0.357 e. The van der Waals surface area contributed by atoms with Gasteiger partial charge in [-0.2, -0.15) is 0 Å². The Bertz CT molecular complexity index is 891. The van der Waals surface area contributed by atoms with E-state index in [1.54, 1.807) is 18.5 Å². The van der Waals surface area contributed by atoms with Gasteiger partial charge in [-0.3, -0.25) is 15.6 Å². The van der Waals surface area contributed by atoms with Crippen LogP contribution in [0.25, 0.3) is 10.6 Å². The molecule has 0 bridgehead atoms. The van der Waals surface area contributed by atoms with Crippen molar-refractivity contribution >= 4 is 34.8 Å². The summed E-state index contributed by atoms with van der Waals surface area (Å²) in [6.07, 6.45) is 5.80. The molecule has 2 N–H and O–H groups in total. The van der Waals surface area contributed by atoms with Crippen molar-refractivity contribution in [3.63, 3.8) is 0 Å². The number of aromatic nitrogens is 3. The molecule has 1 aliphatic heterocycles. The molecule has 26 heavy (non-hydrogen) atoms. The molecule has 0 radical (unpaired) electrons. The zero-order chi connectivity index (χ0) is 17.8. The Labute approximate surface area is 155 Å². The molecule has 3 aromatic rings. The number of anilines is 3. The first-order chi connectivity index (χ1) is 12.8. The van der Waals surface area contributed by atoms with Crippen molar-refractivity contribution in [1.82, 2.24) is 15.0 Å². The smallest absolute Gasteiger partial charge is 0.326 e. The fourth-order valence-corrected chi connectivity index (χ4v) is 3.60. The van der Waals surface area contributed by atoms with Crippen LogP contribution < -0.4 is 15.5 Å². The van der Waals surface area contributed by atoms with Crippen LogP contribution >= 0.6 is 11.3 Å². The maximum absolute atomic E-state index is 12.2. The van der Waals surface area contributed by atoms with Gasteiger partial charge in [-0.25, -0.2) is 14.8 Å². The molecule has 0 aromatic carbocycles. The lowest BCUT2D eigenvalue weighted by atomic mass is 10.3. The highest BCUT2D eigenvalue weighted by atomic mass is 32.1. The first-order valence-corrected chi connectivity index (χ1v) is 9.32. The molecule has 0 spiro atoms. The van der Waals surface area contributed by atoms with Crippen LogP contribution in [-0.2, 0) is 0 Å². The van der Waals surface area contributed by atoms with E-state index in [0.717, 1.165) is 29.5 Å². The van der Waals surface area contributed by atoms with Crippen LogP contribution in [0.1, 0.15) is 12.8 Å². The van der Waals surface area contributed by atoms with Gasteiger partial charge >= 0.3 is 6.03 Å². The van der Waals surface area contributed by atoms with E-state index in [9.17, 15) is 4.79 Å². The van der Waals surface area contributed by atoms with Gasteiger partial charge < -0.3 is 4.90 Å². The minimum absolute atomic E-state index is 0.359. The number of rotatable bonds is 4. The van der Waals surface area contributed by atoms with Gasteiger partial charge in [-0.05, 0) is 37.1 Å². The van der Waals surface area contributed by atoms with E-state index in [1.807, 2.05) is 29.6 Å². The van der Waals surface area contributed by atoms with Crippen molar-refractivity contribution in [2.75, 3.05) is 28.6 Å². The van der Waals surface area contributed by atoms with Crippen molar-refractivity contribution in [3.8, 4) is 10.6 Å². The second-order valence-electron chi connectivity index (χ2n) is 5.93. The first kappa shape index (κ1) is 16.5. The lowest BCUT2D eigenvalue weighted by Crippen LogP contribution is -2.22. The van der Waals surface area contributed by atoms with E-state index in [4.69, 9.17) is 0 Å². The lowest BCUT2D eigenvalue weighted by molar-refractivity contribution is 0.262. The lowest BCUT2D eigenvalue weighted by Gasteiger charge is -2.17. The van der Waals surface area contributed by atoms with E-state index < -0.39 is 0 Å². The van der Waals surface area contributed by atoms with Crippen LogP contribution in [0.3, 0.4) is 0 Å². The van der Waals surface area contributed by atoms with Gasteiger partial charge in [-0.15, -0.1) is 11.3 Å². The van der Waals surface area contributed by atoms with Gasteiger partial charge in [0.05, 0.1) is 0 Å². The summed E-state index contributed by atoms with van der Waals surface area (Å²) in [5.74, 6) is 1.93. The van der Waals surface area contributed by atoms with Crippen LogP contribution in [0.2, 0.25) is 0 Å². The Balaban J connectivity index is 1.40. The summed E-state index contributed by atoms with van der Waals surface area (Å²) < 4.78 is 0. The van der Waals surface area contributed by atoms with Gasteiger partial charge in [0.25, 0.3) is 0 Å². The van der Waals surface area contributed by atoms with Gasteiger partial charge in [0.2, 0.25) is 0 Å². The minimum Gasteiger partial charge on any atom is -0.357 e. The summed E-state index contributed by atoms with van der Waals surface area (Å²) in [5, 5.41) is 8.16. The normalized spacial score (nSPS) is 13.6. The topological polar surface area (TPSA) is 83.0 Å². The third-order valence-electron chi connectivity index (χ3n) is 4.08. The van der Waals surface area contributed by atoms with Gasteiger partial charge in [-0.1, -0.05) is 6.07 Å². The average molecular weight is 366 g/mol. The molecule has 1 saturated heterocycles. The van der Waals surface area contributed by atoms with Crippen LogP contribution in [0.15, 0.2) is 48.1 Å². The zero-order valence-electron chi connectivity index (χ0n) is 14.1. The molecular formula is C18H18N6OS. The third-order valence-corrected chi connectivity index (χ3v) is 4.97. The predicted octanol–water partition coefficient (Wildman–Crippen LogP) is 3.84. The fraction of sp³-hybridized carbons (Fsp3) is 0.222. The Kier molecular flexibility index (Phi) is 4.74. The number of hydrogen-bond donors (Lipinski definition) is 2. The summed E-state index contributed by atoms with van der Waals surface area (Å²) in [6, 6.07) is 9.06. The molecule has 8 heteroatoms. The van der Waals surface area contributed by atoms with Crippen molar-refractivity contribution in [2.45, 2.75) is 12.8 Å². The van der Waals surface area contributed by atoms with Crippen LogP contribution in [0, 0.1) is 0 Å². The van der Waals surface area contributed by atoms with Crippen molar-refractivity contribution < 1.29 is 4.79 Å². The number of nitrogens with one attached hydrogen (secondary N) is 2. The van der Waals surface area contributed by atoms with E-state index >= 15 is 0 Å². The molecule has 0 atom stereocenters. The zero-order valence-corrected chi connectivity index (χ0v) is 14.9. The molecule has 4 heterocycles. The molecular weight excluding hydrogens is 348 g/mol. The van der Waals surface area contributed by atoms with E-state index in [0.29, 0.717) is 11.6 Å². The molecule has 0 saturated carbocycles. The van der Waals surface area contributed by atoms with Gasteiger partial charge in [0.1, 0.15) is 22.5 Å². The maximum Gasteiger partial charge on any atom is 0.326 e. The standard InChI is InChI=1S/C18H18N6OS/c25-18(22-14-4-3-5-16(20-14)24-10-1-2-11-24)23-15-12-26-17(21-15)13-6-8-19-9-7-13/h3-9,12H,1-2,10-11H2,(H2,20,22,23,25). The number of hydrogen-bond acceptors (Lipinski definition) is 6. The Morgan fingerprint density at radius 3 is 2.58 bits per heavy atom. The maximum atomic E-state index is 12.2. The van der Waals surface area contributed by atoms with E-state index in [1.165, 1.54) is 24.2 Å². The predicted molar refractivity (Wildman–Crippen MR) is 104 cm³/mol. The number of urea groups is 1. The highest BCUT2D eigenvalue weighted by Gasteiger charge is 2.14. The average Bonchev–Trinajstić information content (AvgIpc) is 3.35. The van der Waals surface area contributed by atoms with E-state index in [2.05, 4.69) is 30.5 Å². The third kappa shape index (κ3) is 3.80. The monoisotopic (exact) mass is 366 g/mol. The highest BCUT2D eigenvalue weighted by Crippen LogP contribution is 2.25.